The van der Waals surface area contributed by atoms with Crippen LogP contribution in [0.3, 0.4) is 0 Å². The van der Waals surface area contributed by atoms with Crippen LogP contribution in [-0.4, -0.2) is 23.4 Å². The Morgan fingerprint density at radius 3 is 2.15 bits per heavy atom. The molecular weight excluding hydrogens is 252 g/mol. The van der Waals surface area contributed by atoms with Crippen molar-refractivity contribution in [3.63, 3.8) is 0 Å². The van der Waals surface area contributed by atoms with E-state index in [2.05, 4.69) is 36.8 Å². The molecule has 0 aliphatic heterocycles. The highest BCUT2D eigenvalue weighted by molar-refractivity contribution is 5.74. The van der Waals surface area contributed by atoms with E-state index in [9.17, 15) is 9.59 Å². The zero-order chi connectivity index (χ0) is 16.0. The fourth-order valence-electron chi connectivity index (χ4n) is 2.80. The van der Waals surface area contributed by atoms with Crippen molar-refractivity contribution in [3.8, 4) is 0 Å². The number of hydrogen-bond donors (Lipinski definition) is 2. The lowest BCUT2D eigenvalue weighted by Gasteiger charge is -2.40. The smallest absolute Gasteiger partial charge is 0.217 e. The van der Waals surface area contributed by atoms with Gasteiger partial charge in [0.25, 0.3) is 0 Å². The quantitative estimate of drug-likeness (QED) is 0.704. The zero-order valence-electron chi connectivity index (χ0n) is 13.6. The molecule has 0 aromatic rings. The monoisotopic (exact) mass is 280 g/mol. The van der Waals surface area contributed by atoms with E-state index in [1.807, 2.05) is 19.9 Å². The molecular formula is C16H28N2O2. The molecule has 1 atom stereocenters. The van der Waals surface area contributed by atoms with Crippen molar-refractivity contribution >= 4 is 11.8 Å². The van der Waals surface area contributed by atoms with Gasteiger partial charge in [0.1, 0.15) is 0 Å². The first-order chi connectivity index (χ1) is 9.00. The maximum atomic E-state index is 11.4. The lowest BCUT2D eigenvalue weighted by atomic mass is 9.73. The van der Waals surface area contributed by atoms with Crippen LogP contribution in [0, 0.1) is 5.41 Å². The third-order valence-electron chi connectivity index (χ3n) is 3.23. The van der Waals surface area contributed by atoms with Crippen LogP contribution < -0.4 is 10.6 Å². The van der Waals surface area contributed by atoms with E-state index >= 15 is 0 Å². The summed E-state index contributed by atoms with van der Waals surface area (Å²) in [5, 5.41) is 5.93. The number of carbonyl (C=O) groups is 2. The topological polar surface area (TPSA) is 58.2 Å². The largest absolute Gasteiger partial charge is 0.353 e. The molecule has 0 aliphatic carbocycles. The van der Waals surface area contributed by atoms with Gasteiger partial charge in [0, 0.05) is 25.4 Å². The van der Waals surface area contributed by atoms with Gasteiger partial charge in [-0.2, -0.15) is 0 Å². The van der Waals surface area contributed by atoms with Gasteiger partial charge in [-0.1, -0.05) is 20.4 Å². The predicted molar refractivity (Wildman–Crippen MR) is 82.2 cm³/mol. The Morgan fingerprint density at radius 1 is 1.20 bits per heavy atom. The summed E-state index contributed by atoms with van der Waals surface area (Å²) < 4.78 is 0. The van der Waals surface area contributed by atoms with E-state index in [0.717, 1.165) is 6.42 Å². The van der Waals surface area contributed by atoms with E-state index in [-0.39, 0.29) is 28.8 Å². The summed E-state index contributed by atoms with van der Waals surface area (Å²) in [5.74, 6) is -0.106. The van der Waals surface area contributed by atoms with Crippen molar-refractivity contribution in [2.45, 2.75) is 66.0 Å². The van der Waals surface area contributed by atoms with E-state index in [0.29, 0.717) is 6.42 Å². The minimum atomic E-state index is -0.329. The number of carbonyl (C=O) groups excluding carboxylic acids is 2. The minimum absolute atomic E-state index is 0.0257. The summed E-state index contributed by atoms with van der Waals surface area (Å²) in [6.07, 6.45) is 3.25. The second-order valence-corrected chi connectivity index (χ2v) is 6.63. The summed E-state index contributed by atoms with van der Waals surface area (Å²) in [6.45, 7) is 14.7. The summed E-state index contributed by atoms with van der Waals surface area (Å²) in [4.78, 5) is 22.6. The molecule has 2 N–H and O–H groups in total. The van der Waals surface area contributed by atoms with Crippen LogP contribution in [0.2, 0.25) is 0 Å². The van der Waals surface area contributed by atoms with Crippen LogP contribution in [0.5, 0.6) is 0 Å². The summed E-state index contributed by atoms with van der Waals surface area (Å²) in [7, 11) is 0. The molecule has 0 saturated carbocycles. The molecule has 0 rings (SSSR count). The number of nitrogens with one attached hydrogen (secondary N) is 2. The first-order valence-electron chi connectivity index (χ1n) is 6.90. The average molecular weight is 280 g/mol. The molecule has 0 bridgehead atoms. The summed E-state index contributed by atoms with van der Waals surface area (Å²) in [5.41, 5.74) is 2.24. The van der Waals surface area contributed by atoms with Gasteiger partial charge < -0.3 is 10.6 Å². The highest BCUT2D eigenvalue weighted by Gasteiger charge is 2.35. The maximum Gasteiger partial charge on any atom is 0.217 e. The Kier molecular flexibility index (Phi) is 6.74. The highest BCUT2D eigenvalue weighted by Crippen LogP contribution is 2.33. The van der Waals surface area contributed by atoms with E-state index in [1.165, 1.54) is 13.8 Å². The molecule has 0 spiro atoms. The van der Waals surface area contributed by atoms with Crippen LogP contribution in [0.25, 0.3) is 0 Å². The van der Waals surface area contributed by atoms with Crippen molar-refractivity contribution < 1.29 is 9.59 Å². The predicted octanol–water partition coefficient (Wildman–Crippen LogP) is 2.55. The Morgan fingerprint density at radius 2 is 1.75 bits per heavy atom. The lowest BCUT2D eigenvalue weighted by molar-refractivity contribution is -0.122. The average Bonchev–Trinajstić information content (AvgIpc) is 2.19. The number of hydrogen-bond acceptors (Lipinski definition) is 2. The van der Waals surface area contributed by atoms with Crippen LogP contribution in [0.1, 0.15) is 54.4 Å². The third-order valence-corrected chi connectivity index (χ3v) is 3.23. The van der Waals surface area contributed by atoms with Gasteiger partial charge in [0.15, 0.2) is 0 Å². The molecule has 0 aromatic carbocycles. The molecule has 0 aromatic heterocycles. The molecule has 114 valence electrons. The Labute approximate surface area is 122 Å². The highest BCUT2D eigenvalue weighted by atomic mass is 16.2. The van der Waals surface area contributed by atoms with Crippen molar-refractivity contribution in [2.75, 3.05) is 0 Å². The number of rotatable bonds is 7. The summed E-state index contributed by atoms with van der Waals surface area (Å²) >= 11 is 0. The molecule has 2 amide bonds. The maximum absolute atomic E-state index is 11.4. The molecule has 0 fully saturated rings. The van der Waals surface area contributed by atoms with Gasteiger partial charge in [-0.3, -0.25) is 9.59 Å². The second kappa shape index (κ2) is 7.30. The fourth-order valence-corrected chi connectivity index (χ4v) is 2.80. The van der Waals surface area contributed by atoms with Crippen LogP contribution in [0.4, 0.5) is 0 Å². The van der Waals surface area contributed by atoms with Gasteiger partial charge in [-0.05, 0) is 38.2 Å². The van der Waals surface area contributed by atoms with Gasteiger partial charge in [0.2, 0.25) is 11.8 Å². The molecule has 20 heavy (non-hydrogen) atoms. The summed E-state index contributed by atoms with van der Waals surface area (Å²) in [6, 6.07) is -0.0257. The van der Waals surface area contributed by atoms with Crippen LogP contribution in [-0.2, 0) is 9.59 Å². The number of amides is 2. The molecule has 0 radical (unpaired) electrons. The van der Waals surface area contributed by atoms with Crippen LogP contribution in [0.15, 0.2) is 18.4 Å². The van der Waals surface area contributed by atoms with Crippen molar-refractivity contribution in [1.29, 1.82) is 0 Å². The molecule has 0 aliphatic rings. The molecule has 1 unspecified atom stereocenters. The van der Waals surface area contributed by atoms with Crippen molar-refractivity contribution in [2.24, 2.45) is 5.41 Å². The van der Waals surface area contributed by atoms with Gasteiger partial charge >= 0.3 is 0 Å². The van der Waals surface area contributed by atoms with Crippen molar-refractivity contribution in [1.82, 2.24) is 10.6 Å². The standard InChI is InChI=1S/C16H28N2O2/c1-8-9-10-14(17-12(2)19)15(4,5)11-16(6,7)18-13(3)20/h9,14H,1,10-11H2,2-7H3,(H,17,19)(H,18,20). The Hall–Kier alpha value is -1.54. The van der Waals surface area contributed by atoms with Gasteiger partial charge in [-0.15, -0.1) is 5.73 Å². The van der Waals surface area contributed by atoms with E-state index in [4.69, 9.17) is 0 Å². The first-order valence-corrected chi connectivity index (χ1v) is 6.90. The third kappa shape index (κ3) is 7.15. The molecule has 4 heteroatoms. The first kappa shape index (κ1) is 18.5. The van der Waals surface area contributed by atoms with Crippen LogP contribution >= 0.6 is 0 Å². The SMILES string of the molecule is C=C=CCC(NC(C)=O)C(C)(C)CC(C)(C)NC(C)=O. The molecule has 0 saturated heterocycles. The minimum Gasteiger partial charge on any atom is -0.353 e. The van der Waals surface area contributed by atoms with Gasteiger partial charge in [0.05, 0.1) is 0 Å². The molecule has 0 heterocycles. The second-order valence-electron chi connectivity index (χ2n) is 6.63. The van der Waals surface area contributed by atoms with Crippen molar-refractivity contribution in [3.05, 3.63) is 18.4 Å². The molecule has 4 nitrogen and oxygen atoms in total. The fraction of sp³-hybridized carbons (Fsp3) is 0.688. The lowest BCUT2D eigenvalue weighted by Crippen LogP contribution is -2.51. The van der Waals surface area contributed by atoms with E-state index < -0.39 is 0 Å². The van der Waals surface area contributed by atoms with E-state index in [1.54, 1.807) is 0 Å². The Balaban J connectivity index is 5.04. The normalized spacial score (nSPS) is 13.1. The Bertz CT molecular complexity index is 401. The zero-order valence-corrected chi connectivity index (χ0v) is 13.6. The van der Waals surface area contributed by atoms with Gasteiger partial charge in [-0.25, -0.2) is 0 Å².